The Bertz CT molecular complexity index is 599. The molecule has 3 nitrogen and oxygen atoms in total. The number of para-hydroxylation sites is 1. The van der Waals surface area contributed by atoms with Crippen molar-refractivity contribution >= 4 is 0 Å². The largest absolute Gasteiger partial charge is 0.388 e. The number of nitrogens with zero attached hydrogens (tertiary/aromatic N) is 2. The molecule has 0 saturated heterocycles. The second-order valence-corrected chi connectivity index (χ2v) is 6.25. The van der Waals surface area contributed by atoms with E-state index in [0.717, 1.165) is 35.5 Å². The molecule has 1 aliphatic carbocycles. The topological polar surface area (TPSA) is 38.0 Å². The van der Waals surface area contributed by atoms with E-state index in [2.05, 4.69) is 31.1 Å². The van der Waals surface area contributed by atoms with Crippen LogP contribution in [0.25, 0.3) is 5.69 Å². The highest BCUT2D eigenvalue weighted by Gasteiger charge is 2.35. The van der Waals surface area contributed by atoms with Gasteiger partial charge in [-0.3, -0.25) is 0 Å². The van der Waals surface area contributed by atoms with Crippen molar-refractivity contribution < 1.29 is 5.11 Å². The third-order valence-electron chi connectivity index (χ3n) is 3.93. The van der Waals surface area contributed by atoms with E-state index in [0.29, 0.717) is 0 Å². The fourth-order valence-corrected chi connectivity index (χ4v) is 3.12. The maximum Gasteiger partial charge on any atom is 0.0831 e. The Hall–Kier alpha value is -1.61. The first-order valence-corrected chi connectivity index (χ1v) is 6.80. The number of benzene rings is 1. The number of hydrogen-bond acceptors (Lipinski definition) is 2. The second kappa shape index (κ2) is 4.20. The summed E-state index contributed by atoms with van der Waals surface area (Å²) in [5.74, 6) is 0. The first-order chi connectivity index (χ1) is 8.98. The summed E-state index contributed by atoms with van der Waals surface area (Å²) in [6, 6.07) is 10.2. The maximum atomic E-state index is 10.4. The molecule has 1 aromatic heterocycles. The van der Waals surface area contributed by atoms with E-state index in [9.17, 15) is 5.11 Å². The Morgan fingerprint density at radius 1 is 1.26 bits per heavy atom. The van der Waals surface area contributed by atoms with Crippen molar-refractivity contribution in [1.82, 2.24) is 9.78 Å². The van der Waals surface area contributed by atoms with Crippen molar-refractivity contribution in [2.75, 3.05) is 0 Å². The van der Waals surface area contributed by atoms with Gasteiger partial charge < -0.3 is 5.11 Å². The fourth-order valence-electron chi connectivity index (χ4n) is 3.12. The van der Waals surface area contributed by atoms with Gasteiger partial charge in [0.1, 0.15) is 0 Å². The molecule has 1 N–H and O–H groups in total. The maximum absolute atomic E-state index is 10.4. The molecule has 1 aliphatic rings. The minimum atomic E-state index is -0.392. The monoisotopic (exact) mass is 256 g/mol. The lowest BCUT2D eigenvalue weighted by molar-refractivity contribution is 0.0982. The Morgan fingerprint density at radius 2 is 1.95 bits per heavy atom. The van der Waals surface area contributed by atoms with Gasteiger partial charge in [-0.25, -0.2) is 4.68 Å². The Morgan fingerprint density at radius 3 is 2.63 bits per heavy atom. The molecule has 0 saturated carbocycles. The smallest absolute Gasteiger partial charge is 0.0831 e. The summed E-state index contributed by atoms with van der Waals surface area (Å²) in [4.78, 5) is 0. The summed E-state index contributed by atoms with van der Waals surface area (Å²) in [5.41, 5.74) is 4.32. The van der Waals surface area contributed by atoms with Crippen molar-refractivity contribution in [3.05, 3.63) is 47.3 Å². The highest BCUT2D eigenvalue weighted by molar-refractivity contribution is 5.40. The summed E-state index contributed by atoms with van der Waals surface area (Å²) in [7, 11) is 0. The Balaban J connectivity index is 2.17. The van der Waals surface area contributed by atoms with Gasteiger partial charge in [-0.05, 0) is 37.3 Å². The summed E-state index contributed by atoms with van der Waals surface area (Å²) >= 11 is 0. The number of fused-ring (bicyclic) bond motifs is 1. The van der Waals surface area contributed by atoms with E-state index in [1.54, 1.807) is 0 Å². The average Bonchev–Trinajstić information content (AvgIpc) is 2.66. The van der Waals surface area contributed by atoms with Crippen molar-refractivity contribution in [2.24, 2.45) is 5.41 Å². The van der Waals surface area contributed by atoms with Gasteiger partial charge in [-0.15, -0.1) is 0 Å². The molecular formula is C16H20N2O. The van der Waals surface area contributed by atoms with Gasteiger partial charge in [0.2, 0.25) is 0 Å². The highest BCUT2D eigenvalue weighted by atomic mass is 16.3. The summed E-state index contributed by atoms with van der Waals surface area (Å²) < 4.78 is 1.99. The third kappa shape index (κ3) is 2.08. The number of aliphatic hydroxyl groups is 1. The van der Waals surface area contributed by atoms with Gasteiger partial charge in [0, 0.05) is 5.56 Å². The molecule has 1 aromatic carbocycles. The van der Waals surface area contributed by atoms with Crippen LogP contribution in [0.3, 0.4) is 0 Å². The molecule has 0 fully saturated rings. The number of aromatic nitrogens is 2. The number of aryl methyl sites for hydroxylation is 1. The lowest BCUT2D eigenvalue weighted by Gasteiger charge is -2.33. The lowest BCUT2D eigenvalue weighted by Crippen LogP contribution is -2.26. The van der Waals surface area contributed by atoms with Crippen molar-refractivity contribution in [2.45, 2.75) is 39.7 Å². The van der Waals surface area contributed by atoms with Crippen LogP contribution in [0.5, 0.6) is 0 Å². The predicted molar refractivity (Wildman–Crippen MR) is 75.4 cm³/mol. The van der Waals surface area contributed by atoms with Gasteiger partial charge in [-0.1, -0.05) is 32.0 Å². The molecule has 100 valence electrons. The van der Waals surface area contributed by atoms with Crippen LogP contribution in [-0.2, 0) is 6.42 Å². The molecule has 0 bridgehead atoms. The first kappa shape index (κ1) is 12.4. The van der Waals surface area contributed by atoms with E-state index < -0.39 is 6.10 Å². The third-order valence-corrected chi connectivity index (χ3v) is 3.93. The quantitative estimate of drug-likeness (QED) is 0.851. The molecule has 0 spiro atoms. The molecule has 2 aromatic rings. The van der Waals surface area contributed by atoms with Crippen molar-refractivity contribution in [1.29, 1.82) is 0 Å². The fraction of sp³-hybridized carbons (Fsp3) is 0.438. The van der Waals surface area contributed by atoms with Crippen LogP contribution >= 0.6 is 0 Å². The zero-order valence-electron chi connectivity index (χ0n) is 11.7. The standard InChI is InChI=1S/C16H20N2O/c1-11-15-13(9-16(2,3)10-14(15)19)18(17-11)12-7-5-4-6-8-12/h4-8,14,19H,9-10H2,1-3H3/t14-/m0/s1. The van der Waals surface area contributed by atoms with Crippen LogP contribution in [0.2, 0.25) is 0 Å². The minimum absolute atomic E-state index is 0.116. The SMILES string of the molecule is Cc1nn(-c2ccccc2)c2c1[C@@H](O)CC(C)(C)C2. The van der Waals surface area contributed by atoms with E-state index in [1.807, 2.05) is 29.8 Å². The molecule has 0 unspecified atom stereocenters. The van der Waals surface area contributed by atoms with Crippen molar-refractivity contribution in [3.8, 4) is 5.69 Å². The first-order valence-electron chi connectivity index (χ1n) is 6.80. The van der Waals surface area contributed by atoms with E-state index >= 15 is 0 Å². The van der Waals surface area contributed by atoms with Crippen LogP contribution in [0, 0.1) is 12.3 Å². The van der Waals surface area contributed by atoms with Gasteiger partial charge in [-0.2, -0.15) is 5.10 Å². The normalized spacial score (nSPS) is 21.2. The van der Waals surface area contributed by atoms with Gasteiger partial charge >= 0.3 is 0 Å². The predicted octanol–water partition coefficient (Wildman–Crippen LogP) is 3.19. The summed E-state index contributed by atoms with van der Waals surface area (Å²) in [5, 5.41) is 15.0. The number of aliphatic hydroxyl groups excluding tert-OH is 1. The lowest BCUT2D eigenvalue weighted by atomic mass is 9.75. The second-order valence-electron chi connectivity index (χ2n) is 6.25. The number of hydrogen-bond donors (Lipinski definition) is 1. The molecule has 3 heteroatoms. The van der Waals surface area contributed by atoms with Crippen molar-refractivity contribution in [3.63, 3.8) is 0 Å². The minimum Gasteiger partial charge on any atom is -0.388 e. The highest BCUT2D eigenvalue weighted by Crippen LogP contribution is 2.42. The zero-order chi connectivity index (χ0) is 13.6. The van der Waals surface area contributed by atoms with Crippen LogP contribution in [0.4, 0.5) is 0 Å². The molecule has 1 heterocycles. The summed E-state index contributed by atoms with van der Waals surface area (Å²) in [6.07, 6.45) is 1.37. The molecule has 3 rings (SSSR count). The van der Waals surface area contributed by atoms with E-state index in [1.165, 1.54) is 0 Å². The molecular weight excluding hydrogens is 236 g/mol. The molecule has 0 amide bonds. The molecule has 0 radical (unpaired) electrons. The molecule has 1 atom stereocenters. The van der Waals surface area contributed by atoms with Gasteiger partial charge in [0.15, 0.2) is 0 Å². The van der Waals surface area contributed by atoms with Crippen LogP contribution in [0.1, 0.15) is 43.3 Å². The Labute approximate surface area is 113 Å². The van der Waals surface area contributed by atoms with Crippen LogP contribution in [0.15, 0.2) is 30.3 Å². The van der Waals surface area contributed by atoms with E-state index in [4.69, 9.17) is 0 Å². The average molecular weight is 256 g/mol. The van der Waals surface area contributed by atoms with Crippen LogP contribution < -0.4 is 0 Å². The molecule has 0 aliphatic heterocycles. The summed E-state index contributed by atoms with van der Waals surface area (Å²) in [6.45, 7) is 6.40. The molecule has 19 heavy (non-hydrogen) atoms. The zero-order valence-corrected chi connectivity index (χ0v) is 11.7. The van der Waals surface area contributed by atoms with Gasteiger partial charge in [0.25, 0.3) is 0 Å². The number of rotatable bonds is 1. The Kier molecular flexibility index (Phi) is 2.75. The van der Waals surface area contributed by atoms with Gasteiger partial charge in [0.05, 0.1) is 23.2 Å². The van der Waals surface area contributed by atoms with Crippen LogP contribution in [-0.4, -0.2) is 14.9 Å². The van der Waals surface area contributed by atoms with E-state index in [-0.39, 0.29) is 5.41 Å².